The van der Waals surface area contributed by atoms with Crippen molar-refractivity contribution in [1.29, 1.82) is 0 Å². The van der Waals surface area contributed by atoms with E-state index < -0.39 is 0 Å². The monoisotopic (exact) mass is 279 g/mol. The van der Waals surface area contributed by atoms with Crippen LogP contribution in [0.2, 0.25) is 0 Å². The SMILES string of the molecule is NCC(Sc1nc(N)cc(N)n1)c1ccc(F)cc1. The first-order valence-electron chi connectivity index (χ1n) is 5.60. The van der Waals surface area contributed by atoms with Gasteiger partial charge in [0.25, 0.3) is 0 Å². The van der Waals surface area contributed by atoms with Gasteiger partial charge in [-0.3, -0.25) is 0 Å². The van der Waals surface area contributed by atoms with Crippen LogP contribution in [0.15, 0.2) is 35.5 Å². The zero-order chi connectivity index (χ0) is 13.8. The molecule has 0 aliphatic carbocycles. The minimum Gasteiger partial charge on any atom is -0.383 e. The molecule has 2 aromatic rings. The van der Waals surface area contributed by atoms with Crippen molar-refractivity contribution in [1.82, 2.24) is 9.97 Å². The topological polar surface area (TPSA) is 104 Å². The predicted octanol–water partition coefficient (Wildman–Crippen LogP) is 1.57. The van der Waals surface area contributed by atoms with Gasteiger partial charge in [0.1, 0.15) is 17.5 Å². The number of nitrogens with zero attached hydrogens (tertiary/aromatic N) is 2. The van der Waals surface area contributed by atoms with E-state index in [4.69, 9.17) is 17.2 Å². The molecule has 0 saturated heterocycles. The molecular formula is C12H14FN5S. The molecule has 1 aromatic carbocycles. The fourth-order valence-corrected chi connectivity index (χ4v) is 2.53. The van der Waals surface area contributed by atoms with E-state index in [9.17, 15) is 4.39 Å². The molecule has 19 heavy (non-hydrogen) atoms. The van der Waals surface area contributed by atoms with Gasteiger partial charge in [0, 0.05) is 17.9 Å². The lowest BCUT2D eigenvalue weighted by atomic mass is 10.1. The van der Waals surface area contributed by atoms with Gasteiger partial charge in [-0.05, 0) is 17.7 Å². The van der Waals surface area contributed by atoms with Crippen LogP contribution >= 0.6 is 11.8 Å². The first-order valence-corrected chi connectivity index (χ1v) is 6.48. The van der Waals surface area contributed by atoms with E-state index in [0.717, 1.165) is 5.56 Å². The average molecular weight is 279 g/mol. The Balaban J connectivity index is 2.21. The molecule has 0 amide bonds. The number of anilines is 2. The highest BCUT2D eigenvalue weighted by Gasteiger charge is 2.14. The van der Waals surface area contributed by atoms with Crippen LogP contribution in [0, 0.1) is 5.82 Å². The molecule has 0 spiro atoms. The maximum absolute atomic E-state index is 12.9. The number of thioether (sulfide) groups is 1. The van der Waals surface area contributed by atoms with Crippen LogP contribution in [-0.2, 0) is 0 Å². The lowest BCUT2D eigenvalue weighted by molar-refractivity contribution is 0.627. The lowest BCUT2D eigenvalue weighted by Gasteiger charge is -2.14. The third kappa shape index (κ3) is 3.55. The van der Waals surface area contributed by atoms with E-state index in [0.29, 0.717) is 23.3 Å². The highest BCUT2D eigenvalue weighted by molar-refractivity contribution is 7.99. The largest absolute Gasteiger partial charge is 0.383 e. The quantitative estimate of drug-likeness (QED) is 0.579. The van der Waals surface area contributed by atoms with E-state index in [1.165, 1.54) is 30.0 Å². The maximum Gasteiger partial charge on any atom is 0.192 e. The molecule has 0 radical (unpaired) electrons. The minimum absolute atomic E-state index is 0.0817. The molecule has 1 heterocycles. The van der Waals surface area contributed by atoms with Gasteiger partial charge in [-0.25, -0.2) is 14.4 Å². The van der Waals surface area contributed by atoms with Gasteiger partial charge in [-0.2, -0.15) is 0 Å². The predicted molar refractivity (Wildman–Crippen MR) is 74.9 cm³/mol. The van der Waals surface area contributed by atoms with Gasteiger partial charge >= 0.3 is 0 Å². The van der Waals surface area contributed by atoms with Crippen molar-refractivity contribution in [2.24, 2.45) is 5.73 Å². The van der Waals surface area contributed by atoms with Gasteiger partial charge in [-0.15, -0.1) is 0 Å². The number of hydrogen-bond donors (Lipinski definition) is 3. The van der Waals surface area contributed by atoms with Crippen LogP contribution in [0.4, 0.5) is 16.0 Å². The Bertz CT molecular complexity index is 540. The van der Waals surface area contributed by atoms with E-state index in [-0.39, 0.29) is 11.1 Å². The standard InChI is InChI=1S/C12H14FN5S/c13-8-3-1-7(2-4-8)9(6-14)19-12-17-10(15)5-11(16)18-12/h1-5,9H,6,14H2,(H4,15,16,17,18). The molecule has 0 saturated carbocycles. The Morgan fingerprint density at radius 3 is 2.21 bits per heavy atom. The van der Waals surface area contributed by atoms with E-state index in [1.807, 2.05) is 0 Å². The zero-order valence-electron chi connectivity index (χ0n) is 10.1. The average Bonchev–Trinajstić information content (AvgIpc) is 2.36. The smallest absolute Gasteiger partial charge is 0.192 e. The Hall–Kier alpha value is -1.86. The van der Waals surface area contributed by atoms with E-state index in [2.05, 4.69) is 9.97 Å². The van der Waals surface area contributed by atoms with E-state index >= 15 is 0 Å². The summed E-state index contributed by atoms with van der Waals surface area (Å²) < 4.78 is 12.9. The molecular weight excluding hydrogens is 265 g/mol. The summed E-state index contributed by atoms with van der Waals surface area (Å²) in [7, 11) is 0. The van der Waals surface area contributed by atoms with Crippen LogP contribution in [0.25, 0.3) is 0 Å². The summed E-state index contributed by atoms with van der Waals surface area (Å²) in [6.07, 6.45) is 0. The number of aromatic nitrogens is 2. The molecule has 0 fully saturated rings. The number of benzene rings is 1. The van der Waals surface area contributed by atoms with Gasteiger partial charge in [-0.1, -0.05) is 23.9 Å². The molecule has 1 unspecified atom stereocenters. The molecule has 7 heteroatoms. The van der Waals surface area contributed by atoms with Crippen molar-refractivity contribution < 1.29 is 4.39 Å². The summed E-state index contributed by atoms with van der Waals surface area (Å²) in [5.74, 6) is 0.337. The molecule has 0 bridgehead atoms. The molecule has 0 aliphatic heterocycles. The Labute approximate surface area is 114 Å². The summed E-state index contributed by atoms with van der Waals surface area (Å²) in [6.45, 7) is 0.369. The molecule has 2 rings (SSSR count). The summed E-state index contributed by atoms with van der Waals surface area (Å²) in [6, 6.07) is 7.66. The minimum atomic E-state index is -0.283. The Morgan fingerprint density at radius 1 is 1.11 bits per heavy atom. The van der Waals surface area contributed by atoms with Crippen molar-refractivity contribution in [3.63, 3.8) is 0 Å². The molecule has 1 atom stereocenters. The second kappa shape index (κ2) is 5.85. The van der Waals surface area contributed by atoms with Crippen LogP contribution in [0.5, 0.6) is 0 Å². The summed E-state index contributed by atoms with van der Waals surface area (Å²) >= 11 is 1.35. The van der Waals surface area contributed by atoms with Crippen molar-refractivity contribution in [2.45, 2.75) is 10.4 Å². The van der Waals surface area contributed by atoms with Crippen molar-refractivity contribution in [2.75, 3.05) is 18.0 Å². The molecule has 6 N–H and O–H groups in total. The van der Waals surface area contributed by atoms with Crippen molar-refractivity contribution >= 4 is 23.4 Å². The molecule has 100 valence electrons. The van der Waals surface area contributed by atoms with Gasteiger partial charge in [0.15, 0.2) is 5.16 Å². The number of rotatable bonds is 4. The first kappa shape index (κ1) is 13.6. The van der Waals surface area contributed by atoms with Crippen LogP contribution in [0.1, 0.15) is 10.8 Å². The second-order valence-electron chi connectivity index (χ2n) is 3.89. The van der Waals surface area contributed by atoms with Crippen LogP contribution < -0.4 is 17.2 Å². The van der Waals surface area contributed by atoms with Gasteiger partial charge in [0.05, 0.1) is 0 Å². The summed E-state index contributed by atoms with van der Waals surface area (Å²) in [5.41, 5.74) is 17.9. The van der Waals surface area contributed by atoms with Crippen LogP contribution in [0.3, 0.4) is 0 Å². The Morgan fingerprint density at radius 2 is 1.68 bits per heavy atom. The lowest BCUT2D eigenvalue weighted by Crippen LogP contribution is -2.10. The number of halogens is 1. The van der Waals surface area contributed by atoms with E-state index in [1.54, 1.807) is 12.1 Å². The summed E-state index contributed by atoms with van der Waals surface area (Å²) in [5, 5.41) is 0.374. The maximum atomic E-state index is 12.9. The summed E-state index contributed by atoms with van der Waals surface area (Å²) in [4.78, 5) is 8.17. The number of nitrogens with two attached hydrogens (primary N) is 3. The number of hydrogen-bond acceptors (Lipinski definition) is 6. The zero-order valence-corrected chi connectivity index (χ0v) is 10.9. The third-order valence-corrected chi connectivity index (χ3v) is 3.59. The molecule has 5 nitrogen and oxygen atoms in total. The van der Waals surface area contributed by atoms with Gasteiger partial charge in [0.2, 0.25) is 0 Å². The van der Waals surface area contributed by atoms with Crippen molar-refractivity contribution in [3.8, 4) is 0 Å². The Kier molecular flexibility index (Phi) is 4.18. The highest BCUT2D eigenvalue weighted by atomic mass is 32.2. The number of nitrogen functional groups attached to an aromatic ring is 2. The van der Waals surface area contributed by atoms with Gasteiger partial charge < -0.3 is 17.2 Å². The third-order valence-electron chi connectivity index (χ3n) is 2.45. The fraction of sp³-hybridized carbons (Fsp3) is 0.167. The van der Waals surface area contributed by atoms with Crippen molar-refractivity contribution in [3.05, 3.63) is 41.7 Å². The molecule has 1 aromatic heterocycles. The highest BCUT2D eigenvalue weighted by Crippen LogP contribution is 2.33. The normalized spacial score (nSPS) is 12.3. The fourth-order valence-electron chi connectivity index (χ4n) is 1.57. The second-order valence-corrected chi connectivity index (χ2v) is 5.06. The van der Waals surface area contributed by atoms with Crippen LogP contribution in [-0.4, -0.2) is 16.5 Å². The first-order chi connectivity index (χ1) is 9.08. The molecule has 0 aliphatic rings.